The van der Waals surface area contributed by atoms with Crippen molar-refractivity contribution in [2.45, 2.75) is 32.3 Å². The standard InChI is InChI=1S/C11H18N2O2S/c1-2-4-10(11(14)13-12)15-7-6-9-5-3-8-16-9/h3,5,8,10H,2,4,6-7,12H2,1H3,(H,13,14). The molecule has 1 amide bonds. The third-order valence-corrected chi connectivity index (χ3v) is 3.17. The second-order valence-corrected chi connectivity index (χ2v) is 4.52. The van der Waals surface area contributed by atoms with E-state index in [4.69, 9.17) is 10.6 Å². The first-order valence-electron chi connectivity index (χ1n) is 5.42. The average molecular weight is 242 g/mol. The zero-order valence-electron chi connectivity index (χ0n) is 9.44. The van der Waals surface area contributed by atoms with Crippen molar-refractivity contribution in [2.75, 3.05) is 6.61 Å². The largest absolute Gasteiger partial charge is 0.368 e. The Kier molecular flexibility index (Phi) is 6.07. The summed E-state index contributed by atoms with van der Waals surface area (Å²) in [6.45, 7) is 2.57. The fourth-order valence-electron chi connectivity index (χ4n) is 1.40. The van der Waals surface area contributed by atoms with Gasteiger partial charge in [-0.05, 0) is 17.9 Å². The minimum Gasteiger partial charge on any atom is -0.368 e. The van der Waals surface area contributed by atoms with Crippen molar-refractivity contribution in [1.82, 2.24) is 5.43 Å². The number of nitrogens with two attached hydrogens (primary N) is 1. The van der Waals surface area contributed by atoms with E-state index in [2.05, 4.69) is 11.5 Å². The van der Waals surface area contributed by atoms with Gasteiger partial charge in [-0.3, -0.25) is 10.2 Å². The predicted octanol–water partition coefficient (Wildman–Crippen LogP) is 1.47. The summed E-state index contributed by atoms with van der Waals surface area (Å²) in [6.07, 6.45) is 2.02. The SMILES string of the molecule is CCCC(OCCc1cccs1)C(=O)NN. The zero-order valence-corrected chi connectivity index (χ0v) is 10.3. The van der Waals surface area contributed by atoms with Crippen LogP contribution >= 0.6 is 11.3 Å². The number of hydrogen-bond acceptors (Lipinski definition) is 4. The molecular weight excluding hydrogens is 224 g/mol. The molecule has 3 N–H and O–H groups in total. The van der Waals surface area contributed by atoms with Gasteiger partial charge in [0, 0.05) is 11.3 Å². The van der Waals surface area contributed by atoms with Gasteiger partial charge in [0.15, 0.2) is 0 Å². The van der Waals surface area contributed by atoms with E-state index in [9.17, 15) is 4.79 Å². The lowest BCUT2D eigenvalue weighted by molar-refractivity contribution is -0.133. The Labute approximate surface area is 99.8 Å². The Hall–Kier alpha value is -0.910. The molecule has 0 aliphatic rings. The summed E-state index contributed by atoms with van der Waals surface area (Å²) in [5.41, 5.74) is 2.13. The highest BCUT2D eigenvalue weighted by atomic mass is 32.1. The molecule has 1 aromatic heterocycles. The van der Waals surface area contributed by atoms with Crippen LogP contribution in [-0.4, -0.2) is 18.6 Å². The highest BCUT2D eigenvalue weighted by Crippen LogP contribution is 2.10. The first-order chi connectivity index (χ1) is 7.77. The summed E-state index contributed by atoms with van der Waals surface area (Å²) in [4.78, 5) is 12.6. The molecule has 0 radical (unpaired) electrons. The lowest BCUT2D eigenvalue weighted by Crippen LogP contribution is -2.40. The number of rotatable bonds is 7. The van der Waals surface area contributed by atoms with Gasteiger partial charge >= 0.3 is 0 Å². The quantitative estimate of drug-likeness (QED) is 0.432. The molecule has 0 fully saturated rings. The van der Waals surface area contributed by atoms with Crippen LogP contribution in [0.4, 0.5) is 0 Å². The van der Waals surface area contributed by atoms with Gasteiger partial charge in [-0.25, -0.2) is 5.84 Å². The lowest BCUT2D eigenvalue weighted by atomic mass is 10.2. The number of nitrogens with one attached hydrogen (secondary N) is 1. The van der Waals surface area contributed by atoms with Gasteiger partial charge in [0.25, 0.3) is 5.91 Å². The molecule has 0 saturated heterocycles. The number of hydrazine groups is 1. The number of carbonyl (C=O) groups excluding carboxylic acids is 1. The number of carbonyl (C=O) groups is 1. The van der Waals surface area contributed by atoms with Crippen LogP contribution in [-0.2, 0) is 16.0 Å². The van der Waals surface area contributed by atoms with E-state index in [1.807, 2.05) is 18.4 Å². The van der Waals surface area contributed by atoms with E-state index in [1.54, 1.807) is 11.3 Å². The smallest absolute Gasteiger partial charge is 0.262 e. The molecule has 0 spiro atoms. The van der Waals surface area contributed by atoms with Crippen LogP contribution in [0.1, 0.15) is 24.6 Å². The second kappa shape index (κ2) is 7.38. The summed E-state index contributed by atoms with van der Waals surface area (Å²) in [5.74, 6) is 4.85. The Morgan fingerprint density at radius 2 is 2.50 bits per heavy atom. The highest BCUT2D eigenvalue weighted by molar-refractivity contribution is 7.09. The van der Waals surface area contributed by atoms with Gasteiger partial charge in [-0.2, -0.15) is 0 Å². The van der Waals surface area contributed by atoms with Crippen molar-refractivity contribution >= 4 is 17.2 Å². The maximum absolute atomic E-state index is 11.3. The second-order valence-electron chi connectivity index (χ2n) is 3.49. The molecule has 0 aromatic carbocycles. The van der Waals surface area contributed by atoms with Crippen molar-refractivity contribution in [3.63, 3.8) is 0 Å². The number of amides is 1. The molecule has 90 valence electrons. The summed E-state index contributed by atoms with van der Waals surface area (Å²) in [5, 5.41) is 2.03. The minimum atomic E-state index is -0.421. The third-order valence-electron chi connectivity index (χ3n) is 2.23. The molecule has 0 aliphatic heterocycles. The van der Waals surface area contributed by atoms with Gasteiger partial charge in [-0.1, -0.05) is 19.4 Å². The topological polar surface area (TPSA) is 64.3 Å². The van der Waals surface area contributed by atoms with Crippen LogP contribution in [0.5, 0.6) is 0 Å². The van der Waals surface area contributed by atoms with Crippen molar-refractivity contribution in [2.24, 2.45) is 5.84 Å². The van der Waals surface area contributed by atoms with E-state index >= 15 is 0 Å². The van der Waals surface area contributed by atoms with E-state index in [0.29, 0.717) is 13.0 Å². The third kappa shape index (κ3) is 4.30. The zero-order chi connectivity index (χ0) is 11.8. The lowest BCUT2D eigenvalue weighted by Gasteiger charge is -2.14. The van der Waals surface area contributed by atoms with Crippen LogP contribution in [0.25, 0.3) is 0 Å². The maximum Gasteiger partial charge on any atom is 0.262 e. The molecule has 4 nitrogen and oxygen atoms in total. The first kappa shape index (κ1) is 13.2. The van der Waals surface area contributed by atoms with Crippen LogP contribution in [0.3, 0.4) is 0 Å². The fourth-order valence-corrected chi connectivity index (χ4v) is 2.09. The van der Waals surface area contributed by atoms with E-state index in [-0.39, 0.29) is 5.91 Å². The molecule has 1 aromatic rings. The van der Waals surface area contributed by atoms with Gasteiger partial charge in [-0.15, -0.1) is 11.3 Å². The van der Waals surface area contributed by atoms with Gasteiger partial charge in [0.1, 0.15) is 6.10 Å². The van der Waals surface area contributed by atoms with Gasteiger partial charge in [0.05, 0.1) is 6.61 Å². The monoisotopic (exact) mass is 242 g/mol. The molecule has 1 atom stereocenters. The van der Waals surface area contributed by atoms with Crippen LogP contribution in [0.2, 0.25) is 0 Å². The van der Waals surface area contributed by atoms with Crippen LogP contribution in [0.15, 0.2) is 17.5 Å². The van der Waals surface area contributed by atoms with E-state index in [0.717, 1.165) is 12.8 Å². The molecule has 0 aliphatic carbocycles. The maximum atomic E-state index is 11.3. The van der Waals surface area contributed by atoms with Crippen LogP contribution < -0.4 is 11.3 Å². The van der Waals surface area contributed by atoms with Crippen molar-refractivity contribution in [3.05, 3.63) is 22.4 Å². The average Bonchev–Trinajstić information content (AvgIpc) is 2.80. The molecule has 1 unspecified atom stereocenters. The van der Waals surface area contributed by atoms with Gasteiger partial charge in [0.2, 0.25) is 0 Å². The first-order valence-corrected chi connectivity index (χ1v) is 6.30. The molecule has 5 heteroatoms. The summed E-state index contributed by atoms with van der Waals surface area (Å²) < 4.78 is 5.52. The van der Waals surface area contributed by atoms with Crippen molar-refractivity contribution in [3.8, 4) is 0 Å². The van der Waals surface area contributed by atoms with E-state index < -0.39 is 6.10 Å². The molecule has 1 rings (SSSR count). The van der Waals surface area contributed by atoms with Crippen LogP contribution in [0, 0.1) is 0 Å². The molecule has 0 bridgehead atoms. The molecule has 0 saturated carbocycles. The van der Waals surface area contributed by atoms with Crippen molar-refractivity contribution < 1.29 is 9.53 Å². The molecular formula is C11H18N2O2S. The number of hydrogen-bond donors (Lipinski definition) is 2. The highest BCUT2D eigenvalue weighted by Gasteiger charge is 2.16. The van der Waals surface area contributed by atoms with Crippen molar-refractivity contribution in [1.29, 1.82) is 0 Å². The Balaban J connectivity index is 2.29. The number of thiophene rings is 1. The number of ether oxygens (including phenoxy) is 1. The predicted molar refractivity (Wildman–Crippen MR) is 65.0 cm³/mol. The molecule has 1 heterocycles. The normalized spacial score (nSPS) is 12.4. The van der Waals surface area contributed by atoms with E-state index in [1.165, 1.54) is 4.88 Å². The van der Waals surface area contributed by atoms with Gasteiger partial charge < -0.3 is 4.74 Å². The Bertz CT molecular complexity index is 301. The molecule has 16 heavy (non-hydrogen) atoms. The summed E-state index contributed by atoms with van der Waals surface area (Å²) in [6, 6.07) is 4.07. The summed E-state index contributed by atoms with van der Waals surface area (Å²) >= 11 is 1.70. The Morgan fingerprint density at radius 3 is 3.06 bits per heavy atom. The fraction of sp³-hybridized carbons (Fsp3) is 0.545. The summed E-state index contributed by atoms with van der Waals surface area (Å²) in [7, 11) is 0. The Morgan fingerprint density at radius 1 is 1.69 bits per heavy atom. The minimum absolute atomic E-state index is 0.243.